The topological polar surface area (TPSA) is 98.3 Å². The third kappa shape index (κ3) is 14300. The van der Waals surface area contributed by atoms with Crippen molar-refractivity contribution in [2.24, 2.45) is 17.2 Å². The predicted molar refractivity (Wildman–Crippen MR) is 47.4 cm³/mol. The number of nitrogens with two attached hydrogens (primary N) is 3. The minimum Gasteiger partial charge on any atom is -0.393 e. The lowest BCUT2D eigenvalue weighted by Crippen LogP contribution is -1.86. The average molecular weight is 152 g/mol. The molecule has 7 N–H and O–H groups in total. The summed E-state index contributed by atoms with van der Waals surface area (Å²) in [6.45, 7) is 4.81. The normalized spacial score (nSPS) is 5.40. The highest BCUT2D eigenvalue weighted by Gasteiger charge is 1.69. The molecule has 0 aliphatic carbocycles. The van der Waals surface area contributed by atoms with Crippen molar-refractivity contribution in [2.45, 2.75) is 13.0 Å². The first-order valence-electron chi connectivity index (χ1n) is 2.98. The van der Waals surface area contributed by atoms with Crippen molar-refractivity contribution in [3.63, 3.8) is 0 Å². The summed E-state index contributed by atoms with van der Waals surface area (Å²) in [6.07, 6.45) is -0.417. The first-order chi connectivity index (χ1) is 4.73. The molecule has 0 aliphatic rings. The van der Waals surface area contributed by atoms with Crippen molar-refractivity contribution >= 4 is 0 Å². The van der Waals surface area contributed by atoms with E-state index in [-0.39, 0.29) is 0 Å². The van der Waals surface area contributed by atoms with Gasteiger partial charge in [0.25, 0.3) is 0 Å². The highest BCUT2D eigenvalue weighted by Crippen LogP contribution is 1.63. The lowest BCUT2D eigenvalue weighted by molar-refractivity contribution is 0.241. The summed E-state index contributed by atoms with van der Waals surface area (Å²) in [7, 11) is 4.50. The van der Waals surface area contributed by atoms with E-state index in [1.807, 2.05) is 0 Å². The van der Waals surface area contributed by atoms with E-state index in [0.29, 0.717) is 0 Å². The van der Waals surface area contributed by atoms with Crippen LogP contribution in [-0.4, -0.2) is 32.4 Å². The van der Waals surface area contributed by atoms with Crippen molar-refractivity contribution < 1.29 is 5.11 Å². The van der Waals surface area contributed by atoms with E-state index in [9.17, 15) is 0 Å². The Kier molecular flexibility index (Phi) is 152. The Hall–Kier alpha value is -0.160. The summed E-state index contributed by atoms with van der Waals surface area (Å²) in [5, 5.41) is 7.94. The Morgan fingerprint density at radius 3 is 1.00 bits per heavy atom. The maximum absolute atomic E-state index is 7.94. The SMILES string of the molecule is CN.CN.CN.[CH2]C(C)O. The molecule has 0 bridgehead atoms. The van der Waals surface area contributed by atoms with Crippen LogP contribution in [0.25, 0.3) is 0 Å². The largest absolute Gasteiger partial charge is 0.393 e. The number of aliphatic hydroxyl groups is 1. The van der Waals surface area contributed by atoms with E-state index in [1.165, 1.54) is 21.1 Å². The van der Waals surface area contributed by atoms with Gasteiger partial charge in [-0.05, 0) is 35.0 Å². The third-order valence-corrected chi connectivity index (χ3v) is 0. The third-order valence-electron chi connectivity index (χ3n) is 0. The number of hydrogen-bond donors (Lipinski definition) is 4. The van der Waals surface area contributed by atoms with Gasteiger partial charge in [-0.15, -0.1) is 0 Å². The highest BCUT2D eigenvalue weighted by molar-refractivity contribution is 4.40. The number of rotatable bonds is 0. The van der Waals surface area contributed by atoms with Gasteiger partial charge in [0, 0.05) is 0 Å². The van der Waals surface area contributed by atoms with Crippen LogP contribution in [0.5, 0.6) is 0 Å². The van der Waals surface area contributed by atoms with Crippen LogP contribution in [0.15, 0.2) is 0 Å². The van der Waals surface area contributed by atoms with E-state index in [4.69, 9.17) is 5.11 Å². The molecular formula is C6H22N3O. The summed E-state index contributed by atoms with van der Waals surface area (Å²) in [4.78, 5) is 0. The minimum atomic E-state index is -0.417. The molecule has 0 aliphatic heterocycles. The maximum Gasteiger partial charge on any atom is 0.0513 e. The fourth-order valence-electron chi connectivity index (χ4n) is 0. The molecule has 0 saturated heterocycles. The smallest absolute Gasteiger partial charge is 0.0513 e. The molecule has 0 aromatic rings. The van der Waals surface area contributed by atoms with Crippen molar-refractivity contribution in [3.8, 4) is 0 Å². The summed E-state index contributed by atoms with van der Waals surface area (Å²) in [6, 6.07) is 0. The zero-order valence-electron chi connectivity index (χ0n) is 7.46. The highest BCUT2D eigenvalue weighted by atomic mass is 16.3. The summed E-state index contributed by atoms with van der Waals surface area (Å²) in [5.41, 5.74) is 13.5. The van der Waals surface area contributed by atoms with Crippen LogP contribution < -0.4 is 17.2 Å². The van der Waals surface area contributed by atoms with Crippen LogP contribution in [-0.2, 0) is 0 Å². The summed E-state index contributed by atoms with van der Waals surface area (Å²) in [5.74, 6) is 0. The van der Waals surface area contributed by atoms with Gasteiger partial charge < -0.3 is 22.3 Å². The Morgan fingerprint density at radius 1 is 1.00 bits per heavy atom. The van der Waals surface area contributed by atoms with E-state index in [2.05, 4.69) is 24.1 Å². The predicted octanol–water partition coefficient (Wildman–Crippen LogP) is -1.07. The molecule has 1 unspecified atom stereocenters. The molecular weight excluding hydrogens is 130 g/mol. The Morgan fingerprint density at radius 2 is 1.00 bits per heavy atom. The molecule has 0 rings (SSSR count). The average Bonchev–Trinajstić information content (AvgIpc) is 1.98. The van der Waals surface area contributed by atoms with Gasteiger partial charge in [-0.25, -0.2) is 0 Å². The van der Waals surface area contributed by atoms with Crippen LogP contribution in [0, 0.1) is 6.92 Å². The molecule has 1 atom stereocenters. The lowest BCUT2D eigenvalue weighted by atomic mass is 10.5. The van der Waals surface area contributed by atoms with Crippen molar-refractivity contribution in [1.82, 2.24) is 0 Å². The van der Waals surface area contributed by atoms with Gasteiger partial charge in [-0.2, -0.15) is 0 Å². The second-order valence-electron chi connectivity index (χ2n) is 0.849. The lowest BCUT2D eigenvalue weighted by Gasteiger charge is -1.79. The monoisotopic (exact) mass is 152 g/mol. The van der Waals surface area contributed by atoms with E-state index in [0.717, 1.165) is 0 Å². The van der Waals surface area contributed by atoms with Crippen LogP contribution in [0.3, 0.4) is 0 Å². The molecule has 4 nitrogen and oxygen atoms in total. The Bertz CT molecular complexity index is 17.7. The van der Waals surface area contributed by atoms with Crippen LogP contribution in [0.4, 0.5) is 0 Å². The molecule has 0 fully saturated rings. The van der Waals surface area contributed by atoms with Crippen molar-refractivity contribution in [1.29, 1.82) is 0 Å². The van der Waals surface area contributed by atoms with Gasteiger partial charge in [-0.1, -0.05) is 0 Å². The second-order valence-corrected chi connectivity index (χ2v) is 0.849. The fourth-order valence-corrected chi connectivity index (χ4v) is 0. The van der Waals surface area contributed by atoms with Gasteiger partial charge in [0.2, 0.25) is 0 Å². The molecule has 0 spiro atoms. The van der Waals surface area contributed by atoms with Crippen LogP contribution >= 0.6 is 0 Å². The van der Waals surface area contributed by atoms with Crippen LogP contribution in [0.2, 0.25) is 0 Å². The Balaban J connectivity index is -0.0000000262. The molecule has 10 heavy (non-hydrogen) atoms. The van der Waals surface area contributed by atoms with Crippen LogP contribution in [0.1, 0.15) is 6.92 Å². The van der Waals surface area contributed by atoms with Gasteiger partial charge in [0.1, 0.15) is 0 Å². The summed E-state index contributed by atoms with van der Waals surface area (Å²) < 4.78 is 0. The van der Waals surface area contributed by atoms with Gasteiger partial charge >= 0.3 is 0 Å². The molecule has 67 valence electrons. The minimum absolute atomic E-state index is 0.417. The number of hydrogen-bond acceptors (Lipinski definition) is 4. The van der Waals surface area contributed by atoms with Gasteiger partial charge in [-0.3, -0.25) is 0 Å². The molecule has 0 aromatic carbocycles. The van der Waals surface area contributed by atoms with E-state index in [1.54, 1.807) is 6.92 Å². The van der Waals surface area contributed by atoms with E-state index < -0.39 is 6.10 Å². The molecule has 0 saturated carbocycles. The van der Waals surface area contributed by atoms with Crippen molar-refractivity contribution in [2.75, 3.05) is 21.1 Å². The first kappa shape index (κ1) is 22.5. The maximum atomic E-state index is 7.94. The standard InChI is InChI=1S/C3H7O.3CH5N/c1-3(2)4;3*1-2/h3-4H,1H2,2H3;3*2H2,1H3. The second kappa shape index (κ2) is 67.4. The quantitative estimate of drug-likeness (QED) is 0.355. The zero-order valence-corrected chi connectivity index (χ0v) is 7.46. The zero-order chi connectivity index (χ0) is 9.58. The fraction of sp³-hybridized carbons (Fsp3) is 0.833. The number of aliphatic hydroxyl groups excluding tert-OH is 1. The van der Waals surface area contributed by atoms with E-state index >= 15 is 0 Å². The van der Waals surface area contributed by atoms with Gasteiger partial charge in [0.05, 0.1) is 6.10 Å². The first-order valence-corrected chi connectivity index (χ1v) is 2.98. The molecule has 0 heterocycles. The molecule has 1 radical (unpaired) electrons. The van der Waals surface area contributed by atoms with Gasteiger partial charge in [0.15, 0.2) is 0 Å². The molecule has 4 heteroatoms. The Labute approximate surface area is 64.4 Å². The van der Waals surface area contributed by atoms with Crippen molar-refractivity contribution in [3.05, 3.63) is 6.92 Å². The molecule has 0 amide bonds. The summed E-state index contributed by atoms with van der Waals surface area (Å²) >= 11 is 0. The molecule has 0 aromatic heterocycles.